The second-order valence-corrected chi connectivity index (χ2v) is 4.58. The van der Waals surface area contributed by atoms with Gasteiger partial charge in [-0.3, -0.25) is 0 Å². The van der Waals surface area contributed by atoms with Gasteiger partial charge in [0, 0.05) is 0 Å². The van der Waals surface area contributed by atoms with Crippen molar-refractivity contribution in [1.82, 2.24) is 0 Å². The molecule has 0 radical (unpaired) electrons. The first-order valence-corrected chi connectivity index (χ1v) is 4.43. The van der Waals surface area contributed by atoms with Gasteiger partial charge in [-0.1, -0.05) is 33.4 Å². The molecule has 0 heterocycles. The third kappa shape index (κ3) is 1.38. The predicted molar refractivity (Wildman–Crippen MR) is 55.1 cm³/mol. The highest BCUT2D eigenvalue weighted by Crippen LogP contribution is 2.39. The standard InChI is InChI=1S/C12H18/c1-8-7-11(12(4,5)6)10(3)9(8)2/h7H,1H2,2-6H3. The Labute approximate surface area is 75.7 Å². The summed E-state index contributed by atoms with van der Waals surface area (Å²) in [6, 6.07) is 0. The second-order valence-electron chi connectivity index (χ2n) is 4.58. The quantitative estimate of drug-likeness (QED) is 0.507. The van der Waals surface area contributed by atoms with Crippen LogP contribution in [0.15, 0.2) is 34.9 Å². The maximum absolute atomic E-state index is 4.02. The molecule has 0 spiro atoms. The first-order valence-electron chi connectivity index (χ1n) is 4.43. The van der Waals surface area contributed by atoms with Crippen molar-refractivity contribution in [3.05, 3.63) is 34.9 Å². The summed E-state index contributed by atoms with van der Waals surface area (Å²) in [5.74, 6) is 0. The average Bonchev–Trinajstić information content (AvgIpc) is 2.15. The highest BCUT2D eigenvalue weighted by molar-refractivity contribution is 5.57. The summed E-state index contributed by atoms with van der Waals surface area (Å²) in [6.07, 6.45) is 2.21. The minimum absolute atomic E-state index is 0.255. The zero-order chi connectivity index (χ0) is 9.52. The van der Waals surface area contributed by atoms with E-state index < -0.39 is 0 Å². The normalized spacial score (nSPS) is 18.8. The number of rotatable bonds is 0. The number of allylic oxidation sites excluding steroid dienone is 5. The molecule has 0 nitrogen and oxygen atoms in total. The first-order chi connectivity index (χ1) is 5.34. The van der Waals surface area contributed by atoms with E-state index in [4.69, 9.17) is 0 Å². The van der Waals surface area contributed by atoms with Crippen LogP contribution < -0.4 is 0 Å². The molecule has 0 aromatic heterocycles. The number of hydrogen-bond donors (Lipinski definition) is 0. The fraction of sp³-hybridized carbons (Fsp3) is 0.500. The Morgan fingerprint density at radius 1 is 1.08 bits per heavy atom. The maximum atomic E-state index is 4.02. The van der Waals surface area contributed by atoms with Crippen LogP contribution in [-0.2, 0) is 0 Å². The molecule has 0 amide bonds. The summed E-state index contributed by atoms with van der Waals surface area (Å²) < 4.78 is 0. The summed E-state index contributed by atoms with van der Waals surface area (Å²) in [5.41, 5.74) is 5.62. The van der Waals surface area contributed by atoms with Crippen LogP contribution in [0.3, 0.4) is 0 Å². The lowest BCUT2D eigenvalue weighted by Gasteiger charge is -2.21. The van der Waals surface area contributed by atoms with Gasteiger partial charge in [-0.2, -0.15) is 0 Å². The second kappa shape index (κ2) is 2.62. The minimum Gasteiger partial charge on any atom is -0.0915 e. The summed E-state index contributed by atoms with van der Waals surface area (Å²) in [4.78, 5) is 0. The molecule has 1 aliphatic carbocycles. The fourth-order valence-corrected chi connectivity index (χ4v) is 1.61. The largest absolute Gasteiger partial charge is 0.0915 e. The van der Waals surface area contributed by atoms with Crippen molar-refractivity contribution in [2.75, 3.05) is 0 Å². The van der Waals surface area contributed by atoms with Gasteiger partial charge in [-0.25, -0.2) is 0 Å². The van der Waals surface area contributed by atoms with Crippen molar-refractivity contribution in [1.29, 1.82) is 0 Å². The third-order valence-electron chi connectivity index (χ3n) is 2.57. The predicted octanol–water partition coefficient (Wildman–Crippen LogP) is 3.87. The summed E-state index contributed by atoms with van der Waals surface area (Å²) in [7, 11) is 0. The van der Waals surface area contributed by atoms with E-state index in [1.54, 1.807) is 0 Å². The first kappa shape index (κ1) is 9.31. The summed E-state index contributed by atoms with van der Waals surface area (Å²) >= 11 is 0. The molecule has 1 rings (SSSR count). The van der Waals surface area contributed by atoms with Gasteiger partial charge in [-0.15, -0.1) is 0 Å². The van der Waals surface area contributed by atoms with Crippen LogP contribution in [0.5, 0.6) is 0 Å². The molecular formula is C12H18. The molecule has 0 heteroatoms. The van der Waals surface area contributed by atoms with Crippen molar-refractivity contribution >= 4 is 0 Å². The van der Waals surface area contributed by atoms with E-state index in [0.717, 1.165) is 0 Å². The summed E-state index contributed by atoms with van der Waals surface area (Å²) in [5, 5.41) is 0. The van der Waals surface area contributed by atoms with Gasteiger partial charge in [0.15, 0.2) is 0 Å². The Balaban J connectivity index is 3.14. The Morgan fingerprint density at radius 3 is 1.75 bits per heavy atom. The monoisotopic (exact) mass is 162 g/mol. The van der Waals surface area contributed by atoms with Crippen molar-refractivity contribution in [3.8, 4) is 0 Å². The Hall–Kier alpha value is -0.780. The van der Waals surface area contributed by atoms with Gasteiger partial charge < -0.3 is 0 Å². The van der Waals surface area contributed by atoms with Crippen LogP contribution in [-0.4, -0.2) is 0 Å². The SMILES string of the molecule is C=C1C=C(C(C)(C)C)C(C)=C1C. The van der Waals surface area contributed by atoms with E-state index in [1.807, 2.05) is 0 Å². The van der Waals surface area contributed by atoms with E-state index in [1.165, 1.54) is 22.3 Å². The highest BCUT2D eigenvalue weighted by Gasteiger charge is 2.23. The van der Waals surface area contributed by atoms with Crippen LogP contribution in [0.25, 0.3) is 0 Å². The van der Waals surface area contributed by atoms with E-state index >= 15 is 0 Å². The number of hydrogen-bond acceptors (Lipinski definition) is 0. The molecule has 0 aliphatic heterocycles. The highest BCUT2D eigenvalue weighted by atomic mass is 14.3. The molecule has 12 heavy (non-hydrogen) atoms. The molecule has 0 saturated heterocycles. The molecule has 0 bridgehead atoms. The molecule has 66 valence electrons. The zero-order valence-corrected chi connectivity index (χ0v) is 8.78. The van der Waals surface area contributed by atoms with Gasteiger partial charge in [0.05, 0.1) is 0 Å². The molecule has 0 unspecified atom stereocenters. The molecule has 1 aliphatic rings. The minimum atomic E-state index is 0.255. The lowest BCUT2D eigenvalue weighted by atomic mass is 9.83. The van der Waals surface area contributed by atoms with E-state index in [2.05, 4.69) is 47.3 Å². The van der Waals surface area contributed by atoms with Crippen LogP contribution in [0.4, 0.5) is 0 Å². The lowest BCUT2D eigenvalue weighted by molar-refractivity contribution is 0.512. The Bertz CT molecular complexity index is 280. The molecule has 0 aromatic carbocycles. The van der Waals surface area contributed by atoms with Crippen LogP contribution in [0, 0.1) is 5.41 Å². The Morgan fingerprint density at radius 2 is 1.58 bits per heavy atom. The summed E-state index contributed by atoms with van der Waals surface area (Å²) in [6.45, 7) is 15.1. The lowest BCUT2D eigenvalue weighted by Crippen LogP contribution is -2.08. The Kier molecular flexibility index (Phi) is 2.03. The van der Waals surface area contributed by atoms with Gasteiger partial charge in [0.25, 0.3) is 0 Å². The van der Waals surface area contributed by atoms with E-state index in [-0.39, 0.29) is 5.41 Å². The van der Waals surface area contributed by atoms with Crippen LogP contribution >= 0.6 is 0 Å². The average molecular weight is 162 g/mol. The van der Waals surface area contributed by atoms with Crippen molar-refractivity contribution in [2.24, 2.45) is 5.41 Å². The fourth-order valence-electron chi connectivity index (χ4n) is 1.61. The van der Waals surface area contributed by atoms with Crippen molar-refractivity contribution in [3.63, 3.8) is 0 Å². The van der Waals surface area contributed by atoms with Crippen molar-refractivity contribution in [2.45, 2.75) is 34.6 Å². The van der Waals surface area contributed by atoms with Gasteiger partial charge in [-0.05, 0) is 41.6 Å². The molecular weight excluding hydrogens is 144 g/mol. The van der Waals surface area contributed by atoms with E-state index in [9.17, 15) is 0 Å². The van der Waals surface area contributed by atoms with Gasteiger partial charge >= 0.3 is 0 Å². The van der Waals surface area contributed by atoms with Gasteiger partial charge in [0.1, 0.15) is 0 Å². The topological polar surface area (TPSA) is 0 Å². The molecule has 0 saturated carbocycles. The zero-order valence-electron chi connectivity index (χ0n) is 8.78. The van der Waals surface area contributed by atoms with Crippen LogP contribution in [0.1, 0.15) is 34.6 Å². The van der Waals surface area contributed by atoms with Crippen LogP contribution in [0.2, 0.25) is 0 Å². The molecule has 0 atom stereocenters. The third-order valence-corrected chi connectivity index (χ3v) is 2.57. The van der Waals surface area contributed by atoms with Gasteiger partial charge in [0.2, 0.25) is 0 Å². The smallest absolute Gasteiger partial charge is 0.0129 e. The molecule has 0 aromatic rings. The molecule has 0 N–H and O–H groups in total. The molecule has 0 fully saturated rings. The van der Waals surface area contributed by atoms with Crippen molar-refractivity contribution < 1.29 is 0 Å². The van der Waals surface area contributed by atoms with E-state index in [0.29, 0.717) is 0 Å². The maximum Gasteiger partial charge on any atom is -0.0129 e.